The van der Waals surface area contributed by atoms with Gasteiger partial charge in [0.2, 0.25) is 15.9 Å². The Morgan fingerprint density at radius 3 is 2.21 bits per heavy atom. The average Bonchev–Trinajstić information content (AvgIpc) is 2.79. The average molecular weight is 530 g/mol. The highest BCUT2D eigenvalue weighted by molar-refractivity contribution is 9.10. The van der Waals surface area contributed by atoms with Crippen molar-refractivity contribution in [3.8, 4) is 0 Å². The summed E-state index contributed by atoms with van der Waals surface area (Å²) in [6.07, 6.45) is 1.61. The van der Waals surface area contributed by atoms with Crippen LogP contribution in [0.15, 0.2) is 88.2 Å². The molecule has 0 aromatic heterocycles. The molecule has 0 unspecified atom stereocenters. The van der Waals surface area contributed by atoms with Gasteiger partial charge in [-0.2, -0.15) is 4.31 Å². The molecule has 5 nitrogen and oxygen atoms in total. The van der Waals surface area contributed by atoms with Crippen LogP contribution in [0.3, 0.4) is 0 Å². The van der Waals surface area contributed by atoms with Gasteiger partial charge in [-0.05, 0) is 62.1 Å². The van der Waals surface area contributed by atoms with Crippen molar-refractivity contribution < 1.29 is 13.2 Å². The number of nitrogens with one attached hydrogen (secondary N) is 1. The molecular weight excluding hydrogens is 500 g/mol. The standard InChI is InChI=1S/C26H29BrN2O3S/c1-20-8-16-25(17-9-20)33(31,32)29(18-23-12-14-24(27)15-13-23)19-26(30)28-21(2)10-11-22-6-4-3-5-7-22/h3-9,12-17,21H,10-11,18-19H2,1-2H3,(H,28,30)/t21-/m0/s1. The Balaban J connectivity index is 1.72. The number of halogens is 1. The zero-order valence-corrected chi connectivity index (χ0v) is 21.3. The Bertz CT molecular complexity index is 1150. The van der Waals surface area contributed by atoms with Crippen LogP contribution in [-0.4, -0.2) is 31.2 Å². The highest BCUT2D eigenvalue weighted by Gasteiger charge is 2.27. The molecule has 0 heterocycles. The van der Waals surface area contributed by atoms with Crippen molar-refractivity contribution >= 4 is 31.9 Å². The molecule has 0 aliphatic carbocycles. The first-order chi connectivity index (χ1) is 15.7. The number of rotatable bonds is 10. The van der Waals surface area contributed by atoms with Crippen LogP contribution in [0.1, 0.15) is 30.0 Å². The molecule has 1 amide bonds. The van der Waals surface area contributed by atoms with E-state index in [1.54, 1.807) is 24.3 Å². The van der Waals surface area contributed by atoms with Gasteiger partial charge in [0, 0.05) is 17.1 Å². The predicted octanol–water partition coefficient (Wildman–Crippen LogP) is 5.09. The van der Waals surface area contributed by atoms with E-state index in [1.807, 2.05) is 56.3 Å². The number of nitrogens with zero attached hydrogens (tertiary/aromatic N) is 1. The van der Waals surface area contributed by atoms with Crippen molar-refractivity contribution in [1.29, 1.82) is 0 Å². The van der Waals surface area contributed by atoms with Crippen LogP contribution in [-0.2, 0) is 27.8 Å². The molecule has 0 aliphatic heterocycles. The van der Waals surface area contributed by atoms with E-state index in [9.17, 15) is 13.2 Å². The highest BCUT2D eigenvalue weighted by Crippen LogP contribution is 2.20. The fourth-order valence-electron chi connectivity index (χ4n) is 3.46. The molecule has 0 saturated heterocycles. The molecule has 0 spiro atoms. The number of hydrogen-bond acceptors (Lipinski definition) is 3. The van der Waals surface area contributed by atoms with E-state index >= 15 is 0 Å². The van der Waals surface area contributed by atoms with Crippen molar-refractivity contribution in [3.05, 3.63) is 100 Å². The Hall–Kier alpha value is -2.48. The zero-order valence-electron chi connectivity index (χ0n) is 18.9. The van der Waals surface area contributed by atoms with Gasteiger partial charge >= 0.3 is 0 Å². The van der Waals surface area contributed by atoms with Gasteiger partial charge in [-0.3, -0.25) is 4.79 Å². The smallest absolute Gasteiger partial charge is 0.243 e. The second kappa shape index (κ2) is 11.6. The van der Waals surface area contributed by atoms with Crippen molar-refractivity contribution in [2.75, 3.05) is 6.54 Å². The van der Waals surface area contributed by atoms with E-state index in [0.29, 0.717) is 0 Å². The van der Waals surface area contributed by atoms with Crippen molar-refractivity contribution in [2.45, 2.75) is 44.2 Å². The summed E-state index contributed by atoms with van der Waals surface area (Å²) in [4.78, 5) is 13.0. The number of benzene rings is 3. The van der Waals surface area contributed by atoms with E-state index in [4.69, 9.17) is 0 Å². The van der Waals surface area contributed by atoms with Gasteiger partial charge in [0.05, 0.1) is 11.4 Å². The highest BCUT2D eigenvalue weighted by atomic mass is 79.9. The second-order valence-electron chi connectivity index (χ2n) is 8.21. The third kappa shape index (κ3) is 7.52. The Morgan fingerprint density at radius 2 is 1.58 bits per heavy atom. The van der Waals surface area contributed by atoms with Crippen molar-refractivity contribution in [2.24, 2.45) is 0 Å². The lowest BCUT2D eigenvalue weighted by Crippen LogP contribution is -2.43. The Kier molecular flexibility index (Phi) is 8.83. The fourth-order valence-corrected chi connectivity index (χ4v) is 5.11. The summed E-state index contributed by atoms with van der Waals surface area (Å²) in [6, 6.07) is 24.1. The third-order valence-corrected chi connectivity index (χ3v) is 7.70. The number of sulfonamides is 1. The molecule has 7 heteroatoms. The van der Waals surface area contributed by atoms with Gasteiger partial charge in [-0.1, -0.05) is 76.1 Å². The van der Waals surface area contributed by atoms with Gasteiger partial charge in [-0.25, -0.2) is 8.42 Å². The monoisotopic (exact) mass is 528 g/mol. The normalized spacial score (nSPS) is 12.5. The van der Waals surface area contributed by atoms with Crippen LogP contribution < -0.4 is 5.32 Å². The first-order valence-corrected chi connectivity index (χ1v) is 13.1. The summed E-state index contributed by atoms with van der Waals surface area (Å²) in [5.74, 6) is -0.316. The van der Waals surface area contributed by atoms with Crippen LogP contribution >= 0.6 is 15.9 Å². The molecule has 1 atom stereocenters. The number of hydrogen-bond donors (Lipinski definition) is 1. The van der Waals surface area contributed by atoms with Crippen LogP contribution in [0.25, 0.3) is 0 Å². The minimum atomic E-state index is -3.85. The number of aryl methyl sites for hydroxylation is 2. The van der Waals surface area contributed by atoms with Crippen LogP contribution in [0.5, 0.6) is 0 Å². The SMILES string of the molecule is Cc1ccc(S(=O)(=O)N(CC(=O)N[C@@H](C)CCc2ccccc2)Cc2ccc(Br)cc2)cc1. The fraction of sp³-hybridized carbons (Fsp3) is 0.269. The van der Waals surface area contributed by atoms with Gasteiger partial charge in [0.15, 0.2) is 0 Å². The van der Waals surface area contributed by atoms with Gasteiger partial charge in [-0.15, -0.1) is 0 Å². The van der Waals surface area contributed by atoms with Crippen LogP contribution in [0.4, 0.5) is 0 Å². The molecule has 3 aromatic carbocycles. The van der Waals surface area contributed by atoms with E-state index in [1.165, 1.54) is 9.87 Å². The first-order valence-electron chi connectivity index (χ1n) is 10.9. The van der Waals surface area contributed by atoms with E-state index in [2.05, 4.69) is 33.4 Å². The first kappa shape index (κ1) is 25.1. The van der Waals surface area contributed by atoms with E-state index in [0.717, 1.165) is 28.4 Å². The maximum atomic E-state index is 13.4. The summed E-state index contributed by atoms with van der Waals surface area (Å²) in [5.41, 5.74) is 2.98. The molecule has 3 aromatic rings. The summed E-state index contributed by atoms with van der Waals surface area (Å²) < 4.78 is 28.9. The Labute approximate surface area is 205 Å². The maximum Gasteiger partial charge on any atom is 0.243 e. The molecule has 1 N–H and O–H groups in total. The van der Waals surface area contributed by atoms with Gasteiger partial charge in [0.25, 0.3) is 0 Å². The Morgan fingerprint density at radius 1 is 0.939 bits per heavy atom. The lowest BCUT2D eigenvalue weighted by atomic mass is 10.1. The topological polar surface area (TPSA) is 66.5 Å². The second-order valence-corrected chi connectivity index (χ2v) is 11.1. The molecule has 0 aliphatic rings. The predicted molar refractivity (Wildman–Crippen MR) is 135 cm³/mol. The van der Waals surface area contributed by atoms with Crippen molar-refractivity contribution in [3.63, 3.8) is 0 Å². The molecule has 0 saturated carbocycles. The molecule has 0 bridgehead atoms. The summed E-state index contributed by atoms with van der Waals surface area (Å²) >= 11 is 3.40. The van der Waals surface area contributed by atoms with E-state index in [-0.39, 0.29) is 29.9 Å². The number of amides is 1. The van der Waals surface area contributed by atoms with Gasteiger partial charge in [0.1, 0.15) is 0 Å². The zero-order chi connectivity index (χ0) is 23.8. The third-order valence-electron chi connectivity index (χ3n) is 5.37. The quantitative estimate of drug-likeness (QED) is 0.398. The summed E-state index contributed by atoms with van der Waals surface area (Å²) in [5, 5.41) is 2.96. The minimum Gasteiger partial charge on any atom is -0.352 e. The van der Waals surface area contributed by atoms with Crippen LogP contribution in [0, 0.1) is 6.92 Å². The minimum absolute atomic E-state index is 0.0747. The molecule has 0 radical (unpaired) electrons. The van der Waals surface area contributed by atoms with Crippen LogP contribution in [0.2, 0.25) is 0 Å². The number of carbonyl (C=O) groups is 1. The molecule has 0 fully saturated rings. The molecule has 3 rings (SSSR count). The molecule has 33 heavy (non-hydrogen) atoms. The van der Waals surface area contributed by atoms with Crippen molar-refractivity contribution in [1.82, 2.24) is 9.62 Å². The lowest BCUT2D eigenvalue weighted by Gasteiger charge is -2.23. The molecule has 174 valence electrons. The van der Waals surface area contributed by atoms with E-state index < -0.39 is 10.0 Å². The summed E-state index contributed by atoms with van der Waals surface area (Å²) in [7, 11) is -3.85. The number of carbonyl (C=O) groups excluding carboxylic acids is 1. The largest absolute Gasteiger partial charge is 0.352 e. The molecular formula is C26H29BrN2O3S. The maximum absolute atomic E-state index is 13.4. The van der Waals surface area contributed by atoms with Gasteiger partial charge < -0.3 is 5.32 Å². The lowest BCUT2D eigenvalue weighted by molar-refractivity contribution is -0.122. The summed E-state index contributed by atoms with van der Waals surface area (Å²) in [6.45, 7) is 3.70.